The SMILES string of the molecule is O=[N+]([O-])c1cc[c]c(CO)c1. The first-order valence-corrected chi connectivity index (χ1v) is 3.00. The lowest BCUT2D eigenvalue weighted by Gasteiger charge is -1.93. The van der Waals surface area contributed by atoms with Gasteiger partial charge in [0, 0.05) is 12.1 Å². The van der Waals surface area contributed by atoms with Crippen LogP contribution >= 0.6 is 0 Å². The molecule has 57 valence electrons. The molecule has 0 heterocycles. The molecule has 0 aliphatic rings. The summed E-state index contributed by atoms with van der Waals surface area (Å²) in [5.41, 5.74) is 0.409. The lowest BCUT2D eigenvalue weighted by Crippen LogP contribution is -1.89. The quantitative estimate of drug-likeness (QED) is 0.505. The van der Waals surface area contributed by atoms with Crippen molar-refractivity contribution in [1.82, 2.24) is 0 Å². The molecule has 1 aromatic carbocycles. The van der Waals surface area contributed by atoms with Gasteiger partial charge in [0.1, 0.15) is 0 Å². The van der Waals surface area contributed by atoms with Crippen LogP contribution in [-0.4, -0.2) is 10.0 Å². The van der Waals surface area contributed by atoms with Crippen molar-refractivity contribution in [3.05, 3.63) is 39.9 Å². The highest BCUT2D eigenvalue weighted by Crippen LogP contribution is 2.11. The Morgan fingerprint density at radius 2 is 2.45 bits per heavy atom. The van der Waals surface area contributed by atoms with E-state index in [9.17, 15) is 10.1 Å². The van der Waals surface area contributed by atoms with E-state index < -0.39 is 4.92 Å². The fraction of sp³-hybridized carbons (Fsp3) is 0.143. The largest absolute Gasteiger partial charge is 0.392 e. The number of rotatable bonds is 2. The Kier molecular flexibility index (Phi) is 2.18. The van der Waals surface area contributed by atoms with Crippen LogP contribution in [-0.2, 0) is 6.61 Å². The van der Waals surface area contributed by atoms with Gasteiger partial charge >= 0.3 is 0 Å². The lowest BCUT2D eigenvalue weighted by molar-refractivity contribution is -0.384. The molecule has 4 heteroatoms. The second kappa shape index (κ2) is 3.12. The molecule has 0 aromatic heterocycles. The number of nitro groups is 1. The van der Waals surface area contributed by atoms with Gasteiger partial charge in [-0.3, -0.25) is 10.1 Å². The van der Waals surface area contributed by atoms with E-state index in [0.717, 1.165) is 0 Å². The van der Waals surface area contributed by atoms with Crippen LogP contribution in [0.5, 0.6) is 0 Å². The normalized spacial score (nSPS) is 9.55. The first-order chi connectivity index (χ1) is 5.24. The van der Waals surface area contributed by atoms with Crippen molar-refractivity contribution in [3.8, 4) is 0 Å². The predicted molar refractivity (Wildman–Crippen MR) is 37.9 cm³/mol. The molecule has 0 bridgehead atoms. The van der Waals surface area contributed by atoms with E-state index in [1.165, 1.54) is 18.2 Å². The summed E-state index contributed by atoms with van der Waals surface area (Å²) in [4.78, 5) is 9.67. The van der Waals surface area contributed by atoms with Gasteiger partial charge in [0.2, 0.25) is 0 Å². The summed E-state index contributed by atoms with van der Waals surface area (Å²) in [6.07, 6.45) is 0. The van der Waals surface area contributed by atoms with Crippen LogP contribution in [0.3, 0.4) is 0 Å². The third kappa shape index (κ3) is 1.75. The van der Waals surface area contributed by atoms with E-state index in [0.29, 0.717) is 5.56 Å². The van der Waals surface area contributed by atoms with Crippen LogP contribution in [0.15, 0.2) is 18.2 Å². The van der Waals surface area contributed by atoms with Crippen molar-refractivity contribution in [2.75, 3.05) is 0 Å². The Morgan fingerprint density at radius 3 is 3.00 bits per heavy atom. The molecule has 0 aliphatic carbocycles. The van der Waals surface area contributed by atoms with Crippen molar-refractivity contribution in [3.63, 3.8) is 0 Å². The molecular formula is C7H6NO3. The smallest absolute Gasteiger partial charge is 0.269 e. The molecule has 1 rings (SSSR count). The average molecular weight is 152 g/mol. The summed E-state index contributed by atoms with van der Waals surface area (Å²) in [7, 11) is 0. The molecular weight excluding hydrogens is 146 g/mol. The van der Waals surface area contributed by atoms with E-state index in [1.54, 1.807) is 0 Å². The molecule has 0 fully saturated rings. The molecule has 1 radical (unpaired) electrons. The van der Waals surface area contributed by atoms with Gasteiger partial charge in [0.25, 0.3) is 5.69 Å². The Labute approximate surface area is 63.2 Å². The van der Waals surface area contributed by atoms with Crippen molar-refractivity contribution in [2.45, 2.75) is 6.61 Å². The van der Waals surface area contributed by atoms with E-state index in [1.807, 2.05) is 0 Å². The summed E-state index contributed by atoms with van der Waals surface area (Å²) in [5.74, 6) is 0. The minimum Gasteiger partial charge on any atom is -0.392 e. The summed E-state index contributed by atoms with van der Waals surface area (Å²) >= 11 is 0. The Morgan fingerprint density at radius 1 is 1.73 bits per heavy atom. The standard InChI is InChI=1S/C7H6NO3/c9-5-6-2-1-3-7(4-6)8(10)11/h1,3-4,9H,5H2. The summed E-state index contributed by atoms with van der Waals surface area (Å²) < 4.78 is 0. The zero-order chi connectivity index (χ0) is 8.27. The highest BCUT2D eigenvalue weighted by atomic mass is 16.6. The second-order valence-electron chi connectivity index (χ2n) is 1.99. The molecule has 0 spiro atoms. The van der Waals surface area contributed by atoms with Crippen LogP contribution in [0.1, 0.15) is 5.56 Å². The van der Waals surface area contributed by atoms with Gasteiger partial charge in [-0.15, -0.1) is 0 Å². The van der Waals surface area contributed by atoms with Gasteiger partial charge in [0.05, 0.1) is 11.5 Å². The monoisotopic (exact) mass is 152 g/mol. The van der Waals surface area contributed by atoms with Crippen LogP contribution < -0.4 is 0 Å². The third-order valence-corrected chi connectivity index (χ3v) is 1.23. The molecule has 0 atom stereocenters. The molecule has 0 amide bonds. The maximum Gasteiger partial charge on any atom is 0.269 e. The van der Waals surface area contributed by atoms with E-state index in [2.05, 4.69) is 6.07 Å². The number of hydrogen-bond acceptors (Lipinski definition) is 3. The average Bonchev–Trinajstić information content (AvgIpc) is 2.05. The predicted octanol–water partition coefficient (Wildman–Crippen LogP) is 0.887. The van der Waals surface area contributed by atoms with Gasteiger partial charge in [-0.25, -0.2) is 0 Å². The number of hydrogen-bond donors (Lipinski definition) is 1. The van der Waals surface area contributed by atoms with Crippen molar-refractivity contribution in [2.24, 2.45) is 0 Å². The summed E-state index contributed by atoms with van der Waals surface area (Å²) in [5, 5.41) is 18.8. The summed E-state index contributed by atoms with van der Waals surface area (Å²) in [6.45, 7) is -0.221. The van der Waals surface area contributed by atoms with Crippen LogP contribution in [0.4, 0.5) is 5.69 Å². The minimum absolute atomic E-state index is 0.0206. The zero-order valence-electron chi connectivity index (χ0n) is 5.65. The molecule has 0 saturated heterocycles. The summed E-state index contributed by atoms with van der Waals surface area (Å²) in [6, 6.07) is 6.70. The first-order valence-electron chi connectivity index (χ1n) is 3.00. The second-order valence-corrected chi connectivity index (χ2v) is 1.99. The third-order valence-electron chi connectivity index (χ3n) is 1.23. The molecule has 0 unspecified atom stereocenters. The van der Waals surface area contributed by atoms with Crippen molar-refractivity contribution in [1.29, 1.82) is 0 Å². The highest BCUT2D eigenvalue weighted by molar-refractivity contribution is 5.32. The Hall–Kier alpha value is -1.42. The maximum absolute atomic E-state index is 10.2. The fourth-order valence-corrected chi connectivity index (χ4v) is 0.707. The van der Waals surface area contributed by atoms with Crippen LogP contribution in [0.2, 0.25) is 0 Å². The van der Waals surface area contributed by atoms with Crippen molar-refractivity contribution < 1.29 is 10.0 Å². The first kappa shape index (κ1) is 7.68. The van der Waals surface area contributed by atoms with Gasteiger partial charge in [-0.1, -0.05) is 0 Å². The highest BCUT2D eigenvalue weighted by Gasteiger charge is 2.03. The van der Waals surface area contributed by atoms with E-state index in [4.69, 9.17) is 5.11 Å². The number of aliphatic hydroxyl groups excluding tert-OH is 1. The molecule has 1 N–H and O–H groups in total. The number of aliphatic hydroxyl groups is 1. The van der Waals surface area contributed by atoms with Crippen LogP contribution in [0, 0.1) is 16.2 Å². The van der Waals surface area contributed by atoms with E-state index in [-0.39, 0.29) is 12.3 Å². The molecule has 0 saturated carbocycles. The molecule has 0 aliphatic heterocycles. The zero-order valence-corrected chi connectivity index (χ0v) is 5.65. The fourth-order valence-electron chi connectivity index (χ4n) is 0.707. The van der Waals surface area contributed by atoms with Gasteiger partial charge in [-0.2, -0.15) is 0 Å². The maximum atomic E-state index is 10.2. The Bertz CT molecular complexity index is 272. The number of nitrogens with zero attached hydrogens (tertiary/aromatic N) is 1. The molecule has 11 heavy (non-hydrogen) atoms. The molecule has 4 nitrogen and oxygen atoms in total. The van der Waals surface area contributed by atoms with Gasteiger partial charge < -0.3 is 5.11 Å². The lowest BCUT2D eigenvalue weighted by atomic mass is 10.2. The number of benzene rings is 1. The number of nitro benzene ring substituents is 1. The minimum atomic E-state index is -0.507. The van der Waals surface area contributed by atoms with Crippen LogP contribution in [0.25, 0.3) is 0 Å². The van der Waals surface area contributed by atoms with Crippen molar-refractivity contribution >= 4 is 5.69 Å². The molecule has 1 aromatic rings. The van der Waals surface area contributed by atoms with Gasteiger partial charge in [0.15, 0.2) is 0 Å². The van der Waals surface area contributed by atoms with Gasteiger partial charge in [-0.05, 0) is 17.7 Å². The number of non-ortho nitro benzene ring substituents is 1. The van der Waals surface area contributed by atoms with E-state index >= 15 is 0 Å². The Balaban J connectivity index is 3.01. The topological polar surface area (TPSA) is 63.4 Å².